The van der Waals surface area contributed by atoms with Gasteiger partial charge in [0.15, 0.2) is 5.71 Å². The van der Waals surface area contributed by atoms with Crippen LogP contribution in [0.2, 0.25) is 0 Å². The van der Waals surface area contributed by atoms with Gasteiger partial charge in [0.25, 0.3) is 11.8 Å². The molecule has 2 N–H and O–H groups in total. The average molecular weight is 363 g/mol. The van der Waals surface area contributed by atoms with Crippen molar-refractivity contribution in [3.63, 3.8) is 0 Å². The predicted molar refractivity (Wildman–Crippen MR) is 108 cm³/mol. The van der Waals surface area contributed by atoms with Crippen LogP contribution < -0.4 is 10.7 Å². The lowest BCUT2D eigenvalue weighted by molar-refractivity contribution is -0.110. The number of nitrogens with one attached hydrogen (secondary N) is 2. The van der Waals surface area contributed by atoms with Gasteiger partial charge in [0.05, 0.1) is 5.69 Å². The number of carbonyl (C=O) groups excluding carboxylic acids is 2. The van der Waals surface area contributed by atoms with Gasteiger partial charge < -0.3 is 5.32 Å². The predicted octanol–water partition coefficient (Wildman–Crippen LogP) is 4.20. The number of carbonyl (C=O) groups is 2. The molecule has 0 radical (unpaired) electrons. The van der Waals surface area contributed by atoms with E-state index in [4.69, 9.17) is 0 Å². The highest BCUT2D eigenvalue weighted by atomic mass is 16.2. The van der Waals surface area contributed by atoms with Crippen molar-refractivity contribution in [1.29, 1.82) is 0 Å². The Kier molecular flexibility index (Phi) is 6.01. The van der Waals surface area contributed by atoms with Crippen molar-refractivity contribution >= 4 is 23.2 Å². The van der Waals surface area contributed by atoms with Gasteiger partial charge in [-0.05, 0) is 43.0 Å². The van der Waals surface area contributed by atoms with E-state index in [2.05, 4.69) is 28.8 Å². The van der Waals surface area contributed by atoms with Gasteiger partial charge in [0, 0.05) is 11.1 Å². The maximum absolute atomic E-state index is 12.3. The molecule has 0 aromatic heterocycles. The molecule has 1 aliphatic heterocycles. The second-order valence-electron chi connectivity index (χ2n) is 6.80. The summed E-state index contributed by atoms with van der Waals surface area (Å²) in [6, 6.07) is 12.8. The van der Waals surface area contributed by atoms with Crippen molar-refractivity contribution in [2.45, 2.75) is 46.0 Å². The van der Waals surface area contributed by atoms with Crippen LogP contribution >= 0.6 is 0 Å². The molecule has 0 unspecified atom stereocenters. The third kappa shape index (κ3) is 4.25. The summed E-state index contributed by atoms with van der Waals surface area (Å²) in [4.78, 5) is 24.5. The van der Waals surface area contributed by atoms with Crippen LogP contribution in [0.4, 0.5) is 5.69 Å². The van der Waals surface area contributed by atoms with Gasteiger partial charge in [0.2, 0.25) is 0 Å². The number of amides is 2. The SMILES string of the molecule is CCCCCCc1ccc2c(c1C)NC(=O)/C2=N\NC(=O)c1ccccc1. The Bertz CT molecular complexity index is 873. The summed E-state index contributed by atoms with van der Waals surface area (Å²) in [5.41, 5.74) is 7.10. The van der Waals surface area contributed by atoms with E-state index in [9.17, 15) is 9.59 Å². The summed E-state index contributed by atoms with van der Waals surface area (Å²) in [5.74, 6) is -0.627. The molecule has 0 saturated heterocycles. The molecule has 1 heterocycles. The standard InChI is InChI=1S/C22H25N3O2/c1-3-4-5-7-10-16-13-14-18-19(15(16)2)23-22(27)20(18)24-25-21(26)17-11-8-6-9-12-17/h6,8-9,11-14H,3-5,7,10H2,1-2H3,(H,25,26)(H,23,24,27). The molecule has 0 bridgehead atoms. The monoisotopic (exact) mass is 363 g/mol. The van der Waals surface area contributed by atoms with Crippen LogP contribution in [0.25, 0.3) is 0 Å². The summed E-state index contributed by atoms with van der Waals surface area (Å²) in [6.07, 6.45) is 5.84. The number of fused-ring (bicyclic) bond motifs is 1. The Hall–Kier alpha value is -2.95. The molecule has 0 fully saturated rings. The maximum atomic E-state index is 12.3. The molecular weight excluding hydrogens is 338 g/mol. The highest BCUT2D eigenvalue weighted by Crippen LogP contribution is 2.30. The number of aryl methyl sites for hydroxylation is 1. The molecule has 2 aromatic carbocycles. The normalized spacial score (nSPS) is 14.1. The van der Waals surface area contributed by atoms with Gasteiger partial charge in [-0.1, -0.05) is 56.5 Å². The van der Waals surface area contributed by atoms with E-state index < -0.39 is 0 Å². The number of benzene rings is 2. The molecule has 5 nitrogen and oxygen atoms in total. The lowest BCUT2D eigenvalue weighted by Gasteiger charge is -2.10. The van der Waals surface area contributed by atoms with Crippen molar-refractivity contribution in [1.82, 2.24) is 5.43 Å². The van der Waals surface area contributed by atoms with Crippen molar-refractivity contribution in [2.75, 3.05) is 5.32 Å². The Morgan fingerprint density at radius 2 is 1.85 bits per heavy atom. The molecule has 2 amide bonds. The minimum Gasteiger partial charge on any atom is -0.320 e. The molecule has 3 rings (SSSR count). The topological polar surface area (TPSA) is 70.6 Å². The highest BCUT2D eigenvalue weighted by Gasteiger charge is 2.28. The number of hydrogen-bond acceptors (Lipinski definition) is 3. The number of nitrogens with zero attached hydrogens (tertiary/aromatic N) is 1. The smallest absolute Gasteiger partial charge is 0.276 e. The Labute approximate surface area is 159 Å². The minimum absolute atomic E-state index is 0.245. The van der Waals surface area contributed by atoms with E-state index in [-0.39, 0.29) is 17.5 Å². The molecule has 0 saturated carbocycles. The number of unbranched alkanes of at least 4 members (excludes halogenated alkanes) is 3. The Morgan fingerprint density at radius 3 is 2.59 bits per heavy atom. The van der Waals surface area contributed by atoms with Gasteiger partial charge in [-0.2, -0.15) is 5.10 Å². The first kappa shape index (κ1) is 18.8. The first-order chi connectivity index (χ1) is 13.1. The third-order valence-electron chi connectivity index (χ3n) is 4.89. The van der Waals surface area contributed by atoms with Gasteiger partial charge in [-0.15, -0.1) is 0 Å². The van der Waals surface area contributed by atoms with Gasteiger partial charge in [-0.3, -0.25) is 9.59 Å². The largest absolute Gasteiger partial charge is 0.320 e. The molecule has 0 spiro atoms. The van der Waals surface area contributed by atoms with Crippen LogP contribution in [0.15, 0.2) is 47.6 Å². The summed E-state index contributed by atoms with van der Waals surface area (Å²) in [5, 5.41) is 6.98. The van der Waals surface area contributed by atoms with Crippen LogP contribution in [0.1, 0.15) is 59.7 Å². The fourth-order valence-electron chi connectivity index (χ4n) is 3.29. The zero-order valence-electron chi connectivity index (χ0n) is 15.8. The number of rotatable bonds is 7. The number of hydrogen-bond donors (Lipinski definition) is 2. The quantitative estimate of drug-likeness (QED) is 0.571. The highest BCUT2D eigenvalue weighted by molar-refractivity contribution is 6.54. The van der Waals surface area contributed by atoms with Gasteiger partial charge >= 0.3 is 0 Å². The third-order valence-corrected chi connectivity index (χ3v) is 4.89. The summed E-state index contributed by atoms with van der Waals surface area (Å²) >= 11 is 0. The zero-order chi connectivity index (χ0) is 19.2. The zero-order valence-corrected chi connectivity index (χ0v) is 15.8. The van der Waals surface area contributed by atoms with Crippen molar-refractivity contribution < 1.29 is 9.59 Å². The molecule has 2 aromatic rings. The van der Waals surface area contributed by atoms with Crippen molar-refractivity contribution in [3.8, 4) is 0 Å². The molecule has 5 heteroatoms. The van der Waals surface area contributed by atoms with Gasteiger partial charge in [-0.25, -0.2) is 5.43 Å². The van der Waals surface area contributed by atoms with Crippen LogP contribution in [-0.4, -0.2) is 17.5 Å². The van der Waals surface area contributed by atoms with E-state index in [0.717, 1.165) is 29.7 Å². The van der Waals surface area contributed by atoms with Crippen molar-refractivity contribution in [3.05, 3.63) is 64.7 Å². The van der Waals surface area contributed by atoms with E-state index in [0.29, 0.717) is 5.56 Å². The van der Waals surface area contributed by atoms with E-state index in [1.54, 1.807) is 24.3 Å². The summed E-state index contributed by atoms with van der Waals surface area (Å²) in [6.45, 7) is 4.23. The van der Waals surface area contributed by atoms with Crippen LogP contribution in [0, 0.1) is 6.92 Å². The van der Waals surface area contributed by atoms with E-state index in [1.807, 2.05) is 19.1 Å². The minimum atomic E-state index is -0.339. The van der Waals surface area contributed by atoms with E-state index >= 15 is 0 Å². The lowest BCUT2D eigenvalue weighted by Crippen LogP contribution is -2.23. The molecule has 27 heavy (non-hydrogen) atoms. The first-order valence-electron chi connectivity index (χ1n) is 9.49. The fraction of sp³-hybridized carbons (Fsp3) is 0.318. The molecule has 0 aliphatic carbocycles. The van der Waals surface area contributed by atoms with Crippen LogP contribution in [0.3, 0.4) is 0 Å². The first-order valence-corrected chi connectivity index (χ1v) is 9.49. The molecular formula is C22H25N3O2. The molecule has 140 valence electrons. The lowest BCUT2D eigenvalue weighted by atomic mass is 9.97. The average Bonchev–Trinajstić information content (AvgIpc) is 3.01. The summed E-state index contributed by atoms with van der Waals surface area (Å²) < 4.78 is 0. The number of anilines is 1. The Morgan fingerprint density at radius 1 is 1.07 bits per heavy atom. The summed E-state index contributed by atoms with van der Waals surface area (Å²) in [7, 11) is 0. The second kappa shape index (κ2) is 8.62. The van der Waals surface area contributed by atoms with E-state index in [1.165, 1.54) is 24.8 Å². The second-order valence-corrected chi connectivity index (χ2v) is 6.80. The van der Waals surface area contributed by atoms with Crippen LogP contribution in [-0.2, 0) is 11.2 Å². The molecule has 0 atom stereocenters. The maximum Gasteiger partial charge on any atom is 0.276 e. The van der Waals surface area contributed by atoms with Crippen molar-refractivity contribution in [2.24, 2.45) is 5.10 Å². The fourth-order valence-corrected chi connectivity index (χ4v) is 3.29. The van der Waals surface area contributed by atoms with Gasteiger partial charge in [0.1, 0.15) is 0 Å². The number of hydrazone groups is 1. The Balaban J connectivity index is 1.76. The van der Waals surface area contributed by atoms with Crippen LogP contribution in [0.5, 0.6) is 0 Å². The molecule has 1 aliphatic rings.